The lowest BCUT2D eigenvalue weighted by atomic mass is 10.1. The predicted molar refractivity (Wildman–Crippen MR) is 89.2 cm³/mol. The Labute approximate surface area is 140 Å². The number of carbonyl (C=O) groups is 1. The van der Waals surface area contributed by atoms with E-state index in [2.05, 4.69) is 10.2 Å². The first kappa shape index (κ1) is 17.5. The van der Waals surface area contributed by atoms with Crippen LogP contribution in [0.25, 0.3) is 0 Å². The molecule has 7 heteroatoms. The van der Waals surface area contributed by atoms with Crippen molar-refractivity contribution < 1.29 is 14.3 Å². The van der Waals surface area contributed by atoms with Crippen LogP contribution in [0.1, 0.15) is 23.7 Å². The molecule has 0 spiro atoms. The molecule has 0 fully saturated rings. The summed E-state index contributed by atoms with van der Waals surface area (Å²) < 4.78 is 12.1. The van der Waals surface area contributed by atoms with Gasteiger partial charge in [0.1, 0.15) is 12.1 Å². The van der Waals surface area contributed by atoms with Crippen LogP contribution in [0.3, 0.4) is 0 Å². The highest BCUT2D eigenvalue weighted by molar-refractivity contribution is 8.00. The van der Waals surface area contributed by atoms with Crippen molar-refractivity contribution in [1.82, 2.24) is 14.8 Å². The first-order chi connectivity index (χ1) is 11.2. The minimum absolute atomic E-state index is 0.0847. The molecule has 0 bridgehead atoms. The first-order valence-corrected chi connectivity index (χ1v) is 8.29. The molecule has 1 heterocycles. The Morgan fingerprint density at radius 1 is 1.30 bits per heavy atom. The number of aromatic nitrogens is 3. The standard InChI is InChI=1S/C16H21N3O3S/c1-4-14(15(20)12-5-7-13(22-3)8-6-12)23-16-18-17-11-19(16)9-10-21-2/h5-8,11,14H,4,9-10H2,1-3H3/t14-/m0/s1. The molecule has 0 aliphatic carbocycles. The number of Topliss-reactive ketones (excluding diaryl/α,β-unsaturated/α-hetero) is 1. The van der Waals surface area contributed by atoms with Gasteiger partial charge in [0, 0.05) is 19.2 Å². The molecule has 124 valence electrons. The number of hydrogen-bond acceptors (Lipinski definition) is 6. The lowest BCUT2D eigenvalue weighted by Gasteiger charge is -2.14. The summed E-state index contributed by atoms with van der Waals surface area (Å²) in [4.78, 5) is 12.7. The molecule has 0 N–H and O–H groups in total. The highest BCUT2D eigenvalue weighted by Gasteiger charge is 2.22. The zero-order chi connectivity index (χ0) is 16.7. The van der Waals surface area contributed by atoms with Gasteiger partial charge in [-0.1, -0.05) is 18.7 Å². The summed E-state index contributed by atoms with van der Waals surface area (Å²) in [7, 11) is 3.26. The van der Waals surface area contributed by atoms with Crippen LogP contribution < -0.4 is 4.74 Å². The second-order valence-electron chi connectivity index (χ2n) is 4.91. The number of benzene rings is 1. The molecule has 23 heavy (non-hydrogen) atoms. The zero-order valence-corrected chi connectivity index (χ0v) is 14.4. The van der Waals surface area contributed by atoms with Gasteiger partial charge in [0.15, 0.2) is 10.9 Å². The lowest BCUT2D eigenvalue weighted by Crippen LogP contribution is -2.18. The lowest BCUT2D eigenvalue weighted by molar-refractivity contribution is 0.0988. The molecular formula is C16H21N3O3S. The van der Waals surface area contributed by atoms with Gasteiger partial charge < -0.3 is 14.0 Å². The summed E-state index contributed by atoms with van der Waals surface area (Å²) in [6.45, 7) is 3.24. The molecule has 0 aliphatic heterocycles. The van der Waals surface area contributed by atoms with E-state index in [9.17, 15) is 4.79 Å². The molecule has 1 aromatic carbocycles. The average Bonchev–Trinajstić information content (AvgIpc) is 3.04. The fourth-order valence-corrected chi connectivity index (χ4v) is 3.10. The van der Waals surface area contributed by atoms with Crippen molar-refractivity contribution in [2.24, 2.45) is 0 Å². The Bertz CT molecular complexity index is 628. The van der Waals surface area contributed by atoms with Crippen LogP contribution in [-0.4, -0.2) is 46.6 Å². The normalized spacial score (nSPS) is 12.1. The van der Waals surface area contributed by atoms with Crippen molar-refractivity contribution in [2.45, 2.75) is 30.3 Å². The van der Waals surface area contributed by atoms with E-state index in [-0.39, 0.29) is 11.0 Å². The van der Waals surface area contributed by atoms with E-state index in [4.69, 9.17) is 9.47 Å². The van der Waals surface area contributed by atoms with Gasteiger partial charge in [0.2, 0.25) is 0 Å². The summed E-state index contributed by atoms with van der Waals surface area (Å²) in [5, 5.41) is 8.57. The third kappa shape index (κ3) is 4.56. The molecule has 0 saturated heterocycles. The van der Waals surface area contributed by atoms with E-state index in [1.165, 1.54) is 11.8 Å². The summed E-state index contributed by atoms with van der Waals surface area (Å²) in [5.74, 6) is 0.822. The Morgan fingerprint density at radius 3 is 2.65 bits per heavy atom. The SMILES string of the molecule is CC[C@H](Sc1nncn1CCOC)C(=O)c1ccc(OC)cc1. The fourth-order valence-electron chi connectivity index (χ4n) is 2.07. The van der Waals surface area contributed by atoms with E-state index in [1.807, 2.05) is 11.5 Å². The minimum atomic E-state index is -0.200. The van der Waals surface area contributed by atoms with Crippen molar-refractivity contribution in [2.75, 3.05) is 20.8 Å². The van der Waals surface area contributed by atoms with Gasteiger partial charge in [0.05, 0.1) is 19.0 Å². The number of carbonyl (C=O) groups excluding carboxylic acids is 1. The Hall–Kier alpha value is -1.86. The summed E-state index contributed by atoms with van der Waals surface area (Å²) in [6.07, 6.45) is 2.37. The number of ether oxygens (including phenoxy) is 2. The molecule has 6 nitrogen and oxygen atoms in total. The topological polar surface area (TPSA) is 66.2 Å². The van der Waals surface area contributed by atoms with Crippen LogP contribution in [0, 0.1) is 0 Å². The number of rotatable bonds is 9. The smallest absolute Gasteiger partial charge is 0.191 e. The van der Waals surface area contributed by atoms with Crippen LogP contribution >= 0.6 is 11.8 Å². The maximum Gasteiger partial charge on any atom is 0.191 e. The van der Waals surface area contributed by atoms with Crippen LogP contribution in [-0.2, 0) is 11.3 Å². The average molecular weight is 335 g/mol. The minimum Gasteiger partial charge on any atom is -0.497 e. The second-order valence-corrected chi connectivity index (χ2v) is 6.08. The number of methoxy groups -OCH3 is 2. The van der Waals surface area contributed by atoms with E-state index in [1.54, 1.807) is 44.8 Å². The summed E-state index contributed by atoms with van der Waals surface area (Å²) in [5.41, 5.74) is 0.674. The summed E-state index contributed by atoms with van der Waals surface area (Å²) in [6, 6.07) is 7.18. The van der Waals surface area contributed by atoms with Crippen molar-refractivity contribution in [3.63, 3.8) is 0 Å². The second kappa shape index (κ2) is 8.69. The molecule has 0 amide bonds. The van der Waals surface area contributed by atoms with E-state index >= 15 is 0 Å². The summed E-state index contributed by atoms with van der Waals surface area (Å²) >= 11 is 1.44. The largest absolute Gasteiger partial charge is 0.497 e. The Kier molecular flexibility index (Phi) is 6.61. The van der Waals surface area contributed by atoms with Gasteiger partial charge in [-0.15, -0.1) is 10.2 Å². The molecule has 0 saturated carbocycles. The van der Waals surface area contributed by atoms with Crippen molar-refractivity contribution >= 4 is 17.5 Å². The molecule has 0 aliphatic rings. The number of ketones is 1. The number of hydrogen-bond donors (Lipinski definition) is 0. The van der Waals surface area contributed by atoms with Crippen LogP contribution in [0.4, 0.5) is 0 Å². The third-order valence-electron chi connectivity index (χ3n) is 3.40. The van der Waals surface area contributed by atoms with Gasteiger partial charge in [-0.2, -0.15) is 0 Å². The highest BCUT2D eigenvalue weighted by atomic mass is 32.2. The molecule has 0 radical (unpaired) electrons. The number of thioether (sulfide) groups is 1. The van der Waals surface area contributed by atoms with E-state index < -0.39 is 0 Å². The monoisotopic (exact) mass is 335 g/mol. The molecular weight excluding hydrogens is 314 g/mol. The predicted octanol–water partition coefficient (Wildman–Crippen LogP) is 2.69. The van der Waals surface area contributed by atoms with Crippen molar-refractivity contribution in [3.8, 4) is 5.75 Å². The van der Waals surface area contributed by atoms with Gasteiger partial charge >= 0.3 is 0 Å². The van der Waals surface area contributed by atoms with E-state index in [0.29, 0.717) is 25.1 Å². The van der Waals surface area contributed by atoms with Gasteiger partial charge in [-0.25, -0.2) is 0 Å². The Balaban J connectivity index is 2.09. The van der Waals surface area contributed by atoms with Crippen molar-refractivity contribution in [3.05, 3.63) is 36.2 Å². The third-order valence-corrected chi connectivity index (χ3v) is 4.76. The van der Waals surface area contributed by atoms with E-state index in [0.717, 1.165) is 10.9 Å². The quantitative estimate of drug-likeness (QED) is 0.518. The maximum atomic E-state index is 12.7. The molecule has 2 rings (SSSR count). The molecule has 2 aromatic rings. The maximum absolute atomic E-state index is 12.7. The Morgan fingerprint density at radius 2 is 2.04 bits per heavy atom. The van der Waals surface area contributed by atoms with Crippen LogP contribution in [0.2, 0.25) is 0 Å². The molecule has 0 unspecified atom stereocenters. The van der Waals surface area contributed by atoms with Gasteiger partial charge in [0.25, 0.3) is 0 Å². The van der Waals surface area contributed by atoms with Crippen molar-refractivity contribution in [1.29, 1.82) is 0 Å². The van der Waals surface area contributed by atoms with Gasteiger partial charge in [-0.3, -0.25) is 4.79 Å². The number of nitrogens with zero attached hydrogens (tertiary/aromatic N) is 3. The van der Waals surface area contributed by atoms with Crippen LogP contribution in [0.5, 0.6) is 5.75 Å². The molecule has 1 atom stereocenters. The van der Waals surface area contributed by atoms with Gasteiger partial charge in [-0.05, 0) is 30.7 Å². The molecule has 1 aromatic heterocycles. The fraction of sp³-hybridized carbons (Fsp3) is 0.438. The zero-order valence-electron chi connectivity index (χ0n) is 13.6. The first-order valence-electron chi connectivity index (χ1n) is 7.41. The van der Waals surface area contributed by atoms with Crippen LogP contribution in [0.15, 0.2) is 35.7 Å². The highest BCUT2D eigenvalue weighted by Crippen LogP contribution is 2.27.